The summed E-state index contributed by atoms with van der Waals surface area (Å²) in [6.07, 6.45) is 1.61. The maximum atomic E-state index is 12.5. The van der Waals surface area contributed by atoms with E-state index in [9.17, 15) is 4.79 Å². The summed E-state index contributed by atoms with van der Waals surface area (Å²) < 4.78 is 0. The fourth-order valence-corrected chi connectivity index (χ4v) is 4.19. The van der Waals surface area contributed by atoms with E-state index in [2.05, 4.69) is 41.6 Å². The van der Waals surface area contributed by atoms with Crippen LogP contribution in [0.15, 0.2) is 41.1 Å². The molecule has 0 spiro atoms. The molecule has 3 heterocycles. The molecule has 6 heteroatoms. The van der Waals surface area contributed by atoms with Crippen molar-refractivity contribution in [3.05, 3.63) is 41.1 Å². The number of aromatic nitrogens is 2. The third-order valence-corrected chi connectivity index (χ3v) is 5.91. The topological polar surface area (TPSA) is 49.3 Å². The van der Waals surface area contributed by atoms with Gasteiger partial charge in [-0.1, -0.05) is 26.0 Å². The van der Waals surface area contributed by atoms with Crippen molar-refractivity contribution in [1.82, 2.24) is 14.9 Å². The number of benzene rings is 1. The largest absolute Gasteiger partial charge is 0.352 e. The second-order valence-electron chi connectivity index (χ2n) is 7.70. The molecule has 1 aromatic carbocycles. The summed E-state index contributed by atoms with van der Waals surface area (Å²) in [5.41, 5.74) is 2.02. The van der Waals surface area contributed by atoms with E-state index in [-0.39, 0.29) is 5.91 Å². The normalized spacial score (nSPS) is 14.8. The van der Waals surface area contributed by atoms with Crippen LogP contribution < -0.4 is 4.90 Å². The molecule has 0 bridgehead atoms. The summed E-state index contributed by atoms with van der Waals surface area (Å²) in [6.45, 7) is 7.44. The van der Waals surface area contributed by atoms with Crippen molar-refractivity contribution in [3.8, 4) is 11.4 Å². The molecule has 0 radical (unpaired) electrons. The smallest absolute Gasteiger partial charge is 0.222 e. The Bertz CT molecular complexity index is 946. The van der Waals surface area contributed by atoms with E-state index in [1.807, 2.05) is 23.1 Å². The molecule has 3 aromatic rings. The number of hydrogen-bond acceptors (Lipinski definition) is 5. The van der Waals surface area contributed by atoms with Crippen molar-refractivity contribution >= 4 is 34.0 Å². The van der Waals surface area contributed by atoms with Gasteiger partial charge in [-0.25, -0.2) is 9.97 Å². The predicted octanol–water partition coefficient (Wildman–Crippen LogP) is 4.44. The molecule has 146 valence electrons. The van der Waals surface area contributed by atoms with Crippen molar-refractivity contribution < 1.29 is 4.79 Å². The van der Waals surface area contributed by atoms with Crippen LogP contribution in [0.3, 0.4) is 0 Å². The second-order valence-corrected chi connectivity index (χ2v) is 8.48. The van der Waals surface area contributed by atoms with E-state index in [0.29, 0.717) is 12.3 Å². The molecular weight excluding hydrogens is 368 g/mol. The van der Waals surface area contributed by atoms with Gasteiger partial charge in [-0.3, -0.25) is 4.79 Å². The predicted molar refractivity (Wildman–Crippen MR) is 116 cm³/mol. The van der Waals surface area contributed by atoms with Crippen LogP contribution in [-0.4, -0.2) is 47.0 Å². The van der Waals surface area contributed by atoms with Gasteiger partial charge < -0.3 is 9.80 Å². The first-order chi connectivity index (χ1) is 13.6. The Morgan fingerprint density at radius 2 is 1.89 bits per heavy atom. The number of fused-ring (bicyclic) bond motifs is 1. The van der Waals surface area contributed by atoms with E-state index in [4.69, 9.17) is 9.97 Å². The lowest BCUT2D eigenvalue weighted by Crippen LogP contribution is -2.49. The molecule has 0 N–H and O–H groups in total. The summed E-state index contributed by atoms with van der Waals surface area (Å²) in [5.74, 6) is 2.58. The number of hydrogen-bond donors (Lipinski definition) is 0. The number of para-hydroxylation sites is 1. The van der Waals surface area contributed by atoms with Gasteiger partial charge in [-0.2, -0.15) is 11.3 Å². The van der Waals surface area contributed by atoms with Crippen molar-refractivity contribution in [1.29, 1.82) is 0 Å². The fourth-order valence-electron chi connectivity index (χ4n) is 3.56. The van der Waals surface area contributed by atoms with E-state index >= 15 is 0 Å². The lowest BCUT2D eigenvalue weighted by atomic mass is 10.1. The summed E-state index contributed by atoms with van der Waals surface area (Å²) in [7, 11) is 0. The molecule has 1 aliphatic rings. The van der Waals surface area contributed by atoms with Crippen LogP contribution in [0.25, 0.3) is 22.3 Å². The number of piperazine rings is 1. The summed E-state index contributed by atoms with van der Waals surface area (Å²) in [5, 5.41) is 5.20. The number of carbonyl (C=O) groups is 1. The maximum absolute atomic E-state index is 12.5. The lowest BCUT2D eigenvalue weighted by Gasteiger charge is -2.36. The molecule has 1 saturated heterocycles. The van der Waals surface area contributed by atoms with Gasteiger partial charge in [0, 0.05) is 48.9 Å². The monoisotopic (exact) mass is 394 g/mol. The molecule has 2 aromatic heterocycles. The Balaban J connectivity index is 1.56. The van der Waals surface area contributed by atoms with E-state index in [1.54, 1.807) is 11.3 Å². The average Bonchev–Trinajstić information content (AvgIpc) is 3.26. The van der Waals surface area contributed by atoms with Crippen molar-refractivity contribution in [2.75, 3.05) is 31.1 Å². The SMILES string of the molecule is CC(C)CCC(=O)N1CCN(c2nc(-c3ccsc3)nc3ccccc23)CC1. The Labute approximate surface area is 170 Å². The van der Waals surface area contributed by atoms with Gasteiger partial charge >= 0.3 is 0 Å². The van der Waals surface area contributed by atoms with Gasteiger partial charge in [0.25, 0.3) is 0 Å². The van der Waals surface area contributed by atoms with E-state index < -0.39 is 0 Å². The molecule has 4 rings (SSSR count). The van der Waals surface area contributed by atoms with Crippen LogP contribution in [-0.2, 0) is 4.79 Å². The zero-order chi connectivity index (χ0) is 19.5. The molecule has 28 heavy (non-hydrogen) atoms. The average molecular weight is 395 g/mol. The van der Waals surface area contributed by atoms with E-state index in [1.165, 1.54) is 0 Å². The first-order valence-corrected chi connectivity index (χ1v) is 10.9. The third-order valence-electron chi connectivity index (χ3n) is 5.23. The Morgan fingerprint density at radius 3 is 2.61 bits per heavy atom. The first-order valence-electron chi connectivity index (χ1n) is 9.94. The van der Waals surface area contributed by atoms with Crippen LogP contribution in [0.5, 0.6) is 0 Å². The van der Waals surface area contributed by atoms with Crippen molar-refractivity contribution in [3.63, 3.8) is 0 Å². The minimum absolute atomic E-state index is 0.278. The van der Waals surface area contributed by atoms with E-state index in [0.717, 1.165) is 60.7 Å². The summed E-state index contributed by atoms with van der Waals surface area (Å²) in [4.78, 5) is 26.4. The second kappa shape index (κ2) is 8.27. The highest BCUT2D eigenvalue weighted by Gasteiger charge is 2.23. The summed E-state index contributed by atoms with van der Waals surface area (Å²) in [6, 6.07) is 10.2. The van der Waals surface area contributed by atoms with Crippen LogP contribution in [0.2, 0.25) is 0 Å². The Hall–Kier alpha value is -2.47. The standard InChI is InChI=1S/C22H26N4OS/c1-16(2)7-8-20(27)25-10-12-26(13-11-25)22-18-5-3-4-6-19(18)23-21(24-22)17-9-14-28-15-17/h3-6,9,14-16H,7-8,10-13H2,1-2H3. The molecule has 0 unspecified atom stereocenters. The van der Waals surface area contributed by atoms with Gasteiger partial charge in [0.15, 0.2) is 5.82 Å². The van der Waals surface area contributed by atoms with Crippen LogP contribution in [0, 0.1) is 5.92 Å². The number of rotatable bonds is 5. The molecule has 0 atom stereocenters. The zero-order valence-electron chi connectivity index (χ0n) is 16.5. The van der Waals surface area contributed by atoms with Gasteiger partial charge in [0.05, 0.1) is 5.52 Å². The zero-order valence-corrected chi connectivity index (χ0v) is 17.3. The van der Waals surface area contributed by atoms with Crippen LogP contribution >= 0.6 is 11.3 Å². The highest BCUT2D eigenvalue weighted by molar-refractivity contribution is 7.08. The molecule has 0 aliphatic carbocycles. The Kier molecular flexibility index (Phi) is 5.57. The van der Waals surface area contributed by atoms with Crippen LogP contribution in [0.1, 0.15) is 26.7 Å². The third kappa shape index (κ3) is 4.02. The number of anilines is 1. The van der Waals surface area contributed by atoms with Gasteiger partial charge in [-0.05, 0) is 35.9 Å². The number of carbonyl (C=O) groups excluding carboxylic acids is 1. The molecule has 1 aliphatic heterocycles. The van der Waals surface area contributed by atoms with Crippen LogP contribution in [0.4, 0.5) is 5.82 Å². The van der Waals surface area contributed by atoms with Crippen molar-refractivity contribution in [2.24, 2.45) is 5.92 Å². The fraction of sp³-hybridized carbons (Fsp3) is 0.409. The summed E-state index contributed by atoms with van der Waals surface area (Å²) >= 11 is 1.65. The number of nitrogens with zero attached hydrogens (tertiary/aromatic N) is 4. The lowest BCUT2D eigenvalue weighted by molar-refractivity contribution is -0.131. The molecular formula is C22H26N4OS. The number of amides is 1. The highest BCUT2D eigenvalue weighted by atomic mass is 32.1. The highest BCUT2D eigenvalue weighted by Crippen LogP contribution is 2.29. The molecule has 5 nitrogen and oxygen atoms in total. The minimum Gasteiger partial charge on any atom is -0.352 e. The molecule has 1 fully saturated rings. The minimum atomic E-state index is 0.278. The molecule has 1 amide bonds. The first kappa shape index (κ1) is 18.9. The Morgan fingerprint density at radius 1 is 1.11 bits per heavy atom. The van der Waals surface area contributed by atoms with Gasteiger partial charge in [0.1, 0.15) is 5.82 Å². The van der Waals surface area contributed by atoms with Gasteiger partial charge in [-0.15, -0.1) is 0 Å². The quantitative estimate of drug-likeness (QED) is 0.642. The van der Waals surface area contributed by atoms with Gasteiger partial charge in [0.2, 0.25) is 5.91 Å². The van der Waals surface area contributed by atoms with Crippen molar-refractivity contribution in [2.45, 2.75) is 26.7 Å². The number of thiophene rings is 1. The maximum Gasteiger partial charge on any atom is 0.222 e. The molecule has 0 saturated carbocycles.